The third-order valence-electron chi connectivity index (χ3n) is 7.28. The van der Waals surface area contributed by atoms with Crippen molar-refractivity contribution in [2.45, 2.75) is 78.0 Å². The maximum atomic E-state index is 14.7. The maximum Gasteiger partial charge on any atom is 0.410 e. The summed E-state index contributed by atoms with van der Waals surface area (Å²) < 4.78 is 40.2. The predicted molar refractivity (Wildman–Crippen MR) is 155 cm³/mol. The van der Waals surface area contributed by atoms with Crippen molar-refractivity contribution in [3.8, 4) is 11.5 Å². The molecule has 0 bridgehead atoms. The minimum absolute atomic E-state index is 0.0319. The van der Waals surface area contributed by atoms with Gasteiger partial charge in [-0.15, -0.1) is 0 Å². The van der Waals surface area contributed by atoms with Crippen LogP contribution in [0.2, 0.25) is 0 Å². The number of piperidine rings is 1. The van der Waals surface area contributed by atoms with Crippen LogP contribution in [0.4, 0.5) is 19.3 Å². The highest BCUT2D eigenvalue weighted by Crippen LogP contribution is 2.43. The Labute approximate surface area is 239 Å². The van der Waals surface area contributed by atoms with Crippen molar-refractivity contribution in [3.05, 3.63) is 59.3 Å². The standard InChI is InChI=1S/C31H38F2N4O4/c1-19-6-8-25-27(37(19)20(2)38)11-9-24(29(25)40-28-16-22(32)7-10-26(28)33)21(17-34)18-35-23-12-14-36(15-13-23)30(39)41-31(3,4)5/h7,9-11,16-19,23,34-35H,6,8,12-15H2,1-5H3/b21-18+,34-17?/t19-/m0/s1. The zero-order valence-corrected chi connectivity index (χ0v) is 24.2. The molecule has 0 spiro atoms. The smallest absolute Gasteiger partial charge is 0.410 e. The Balaban J connectivity index is 1.63. The number of nitrogens with one attached hydrogen (secondary N) is 2. The number of nitrogens with zero attached hydrogens (tertiary/aromatic N) is 2. The molecule has 0 aromatic heterocycles. The number of rotatable bonds is 6. The van der Waals surface area contributed by atoms with Crippen LogP contribution in [-0.4, -0.2) is 53.9 Å². The monoisotopic (exact) mass is 568 g/mol. The molecule has 0 aliphatic carbocycles. The van der Waals surface area contributed by atoms with Gasteiger partial charge in [-0.25, -0.2) is 13.6 Å². The Hall–Kier alpha value is -3.95. The molecule has 220 valence electrons. The Morgan fingerprint density at radius 2 is 1.80 bits per heavy atom. The second-order valence-electron chi connectivity index (χ2n) is 11.5. The van der Waals surface area contributed by atoms with Crippen molar-refractivity contribution in [1.29, 1.82) is 5.41 Å². The van der Waals surface area contributed by atoms with Gasteiger partial charge < -0.3 is 30.0 Å². The fraction of sp³-hybridized carbons (Fsp3) is 0.452. The SMILES string of the molecule is CC(=O)N1c2ccc(/C(C=N)=C/NC3CCN(C(=O)OC(C)(C)C)CC3)c(Oc3cc(F)ccc3F)c2CC[C@@H]1C. The minimum Gasteiger partial charge on any atom is -0.453 e. The average molecular weight is 569 g/mol. The Kier molecular flexibility index (Phi) is 8.99. The van der Waals surface area contributed by atoms with Gasteiger partial charge in [0, 0.05) is 67.3 Å². The van der Waals surface area contributed by atoms with E-state index in [-0.39, 0.29) is 35.6 Å². The normalized spacial score (nSPS) is 18.0. The van der Waals surface area contributed by atoms with E-state index in [2.05, 4.69) is 5.32 Å². The quantitative estimate of drug-likeness (QED) is 0.392. The Morgan fingerprint density at radius 3 is 2.44 bits per heavy atom. The van der Waals surface area contributed by atoms with Crippen LogP contribution in [0, 0.1) is 17.0 Å². The molecule has 0 radical (unpaired) electrons. The van der Waals surface area contributed by atoms with Gasteiger partial charge in [0.1, 0.15) is 17.2 Å². The molecule has 1 atom stereocenters. The van der Waals surface area contributed by atoms with E-state index in [9.17, 15) is 18.4 Å². The number of hydrogen-bond acceptors (Lipinski definition) is 6. The van der Waals surface area contributed by atoms with Gasteiger partial charge in [0.15, 0.2) is 11.6 Å². The number of likely N-dealkylation sites (tertiary alicyclic amines) is 1. The molecule has 2 N–H and O–H groups in total. The lowest BCUT2D eigenvalue weighted by Gasteiger charge is -2.36. The number of carbonyl (C=O) groups excluding carboxylic acids is 2. The van der Waals surface area contributed by atoms with Crippen LogP contribution in [0.15, 0.2) is 36.5 Å². The molecule has 2 aliphatic rings. The first-order valence-electron chi connectivity index (χ1n) is 13.9. The molecule has 1 saturated heterocycles. The summed E-state index contributed by atoms with van der Waals surface area (Å²) in [6, 6.07) is 6.58. The van der Waals surface area contributed by atoms with Gasteiger partial charge in [-0.05, 0) is 77.6 Å². The molecule has 0 unspecified atom stereocenters. The molecular weight excluding hydrogens is 530 g/mol. The summed E-state index contributed by atoms with van der Waals surface area (Å²) in [5.74, 6) is -1.50. The molecule has 0 saturated carbocycles. The molecule has 2 aromatic rings. The van der Waals surface area contributed by atoms with E-state index in [0.29, 0.717) is 61.2 Å². The number of ether oxygens (including phenoxy) is 2. The van der Waals surface area contributed by atoms with Gasteiger partial charge in [-0.3, -0.25) is 4.79 Å². The van der Waals surface area contributed by atoms with Gasteiger partial charge in [0.2, 0.25) is 5.91 Å². The minimum atomic E-state index is -0.724. The van der Waals surface area contributed by atoms with E-state index in [4.69, 9.17) is 14.9 Å². The second-order valence-corrected chi connectivity index (χ2v) is 11.5. The average Bonchev–Trinajstić information content (AvgIpc) is 2.90. The number of fused-ring (bicyclic) bond motifs is 1. The van der Waals surface area contributed by atoms with Crippen molar-refractivity contribution in [3.63, 3.8) is 0 Å². The van der Waals surface area contributed by atoms with Gasteiger partial charge in [0.25, 0.3) is 0 Å². The number of carbonyl (C=O) groups is 2. The molecule has 1 fully saturated rings. The van der Waals surface area contributed by atoms with E-state index in [0.717, 1.165) is 18.2 Å². The van der Waals surface area contributed by atoms with E-state index in [1.165, 1.54) is 13.1 Å². The summed E-state index contributed by atoms with van der Waals surface area (Å²) in [4.78, 5) is 28.3. The van der Waals surface area contributed by atoms with Crippen molar-refractivity contribution in [1.82, 2.24) is 10.2 Å². The highest BCUT2D eigenvalue weighted by molar-refractivity contribution is 6.10. The van der Waals surface area contributed by atoms with Crippen molar-refractivity contribution in [2.24, 2.45) is 0 Å². The van der Waals surface area contributed by atoms with Gasteiger partial charge >= 0.3 is 6.09 Å². The van der Waals surface area contributed by atoms with E-state index < -0.39 is 17.2 Å². The predicted octanol–water partition coefficient (Wildman–Crippen LogP) is 6.42. The Bertz CT molecular complexity index is 1350. The van der Waals surface area contributed by atoms with Gasteiger partial charge in [0.05, 0.1) is 5.69 Å². The number of allylic oxidation sites excluding steroid dienone is 1. The second kappa shape index (κ2) is 12.3. The summed E-state index contributed by atoms with van der Waals surface area (Å²) in [6.45, 7) is 10.0. The maximum absolute atomic E-state index is 14.7. The lowest BCUT2D eigenvalue weighted by Crippen LogP contribution is -2.45. The van der Waals surface area contributed by atoms with Crippen LogP contribution >= 0.6 is 0 Å². The highest BCUT2D eigenvalue weighted by atomic mass is 19.1. The number of hydrogen-bond donors (Lipinski definition) is 2. The third kappa shape index (κ3) is 7.04. The van der Waals surface area contributed by atoms with Crippen LogP contribution in [-0.2, 0) is 16.0 Å². The van der Waals surface area contributed by atoms with Gasteiger partial charge in [-0.2, -0.15) is 0 Å². The summed E-state index contributed by atoms with van der Waals surface area (Å²) >= 11 is 0. The molecule has 2 amide bonds. The van der Waals surface area contributed by atoms with Crippen LogP contribution < -0.4 is 15.0 Å². The molecule has 41 heavy (non-hydrogen) atoms. The van der Waals surface area contributed by atoms with Crippen molar-refractivity contribution < 1.29 is 27.8 Å². The van der Waals surface area contributed by atoms with Crippen LogP contribution in [0.5, 0.6) is 11.5 Å². The topological polar surface area (TPSA) is 95.0 Å². The summed E-state index contributed by atoms with van der Waals surface area (Å²) in [5, 5.41) is 11.5. The largest absolute Gasteiger partial charge is 0.453 e. The Morgan fingerprint density at radius 1 is 1.10 bits per heavy atom. The summed E-state index contributed by atoms with van der Waals surface area (Å²) in [7, 11) is 0. The lowest BCUT2D eigenvalue weighted by atomic mass is 9.91. The first-order chi connectivity index (χ1) is 19.4. The summed E-state index contributed by atoms with van der Waals surface area (Å²) in [5.41, 5.74) is 1.77. The van der Waals surface area contributed by atoms with Crippen molar-refractivity contribution in [2.75, 3.05) is 18.0 Å². The molecule has 2 aromatic carbocycles. The van der Waals surface area contributed by atoms with Crippen LogP contribution in [0.25, 0.3) is 5.57 Å². The van der Waals surface area contributed by atoms with E-state index >= 15 is 0 Å². The number of halogens is 2. The highest BCUT2D eigenvalue weighted by Gasteiger charge is 2.31. The molecular formula is C31H38F2N4O4. The first kappa shape index (κ1) is 30.0. The lowest BCUT2D eigenvalue weighted by molar-refractivity contribution is -0.117. The molecule has 10 heteroatoms. The zero-order chi connectivity index (χ0) is 29.9. The fourth-order valence-corrected chi connectivity index (χ4v) is 5.25. The van der Waals surface area contributed by atoms with Gasteiger partial charge in [-0.1, -0.05) is 0 Å². The molecule has 2 heterocycles. The number of anilines is 1. The number of benzene rings is 2. The van der Waals surface area contributed by atoms with Crippen LogP contribution in [0.3, 0.4) is 0 Å². The zero-order valence-electron chi connectivity index (χ0n) is 24.2. The van der Waals surface area contributed by atoms with Crippen LogP contribution in [0.1, 0.15) is 65.0 Å². The third-order valence-corrected chi connectivity index (χ3v) is 7.28. The fourth-order valence-electron chi connectivity index (χ4n) is 5.25. The molecule has 4 rings (SSSR count). The molecule has 8 nitrogen and oxygen atoms in total. The van der Waals surface area contributed by atoms with E-state index in [1.807, 2.05) is 33.8 Å². The molecule has 2 aliphatic heterocycles. The first-order valence-corrected chi connectivity index (χ1v) is 13.9. The number of amides is 2. The summed E-state index contributed by atoms with van der Waals surface area (Å²) in [6.07, 6.45) is 5.15. The van der Waals surface area contributed by atoms with Crippen molar-refractivity contribution >= 4 is 29.5 Å². The van der Waals surface area contributed by atoms with E-state index in [1.54, 1.807) is 22.1 Å².